The lowest BCUT2D eigenvalue weighted by Crippen LogP contribution is -2.38. The third-order valence-electron chi connectivity index (χ3n) is 2.35. The van der Waals surface area contributed by atoms with Gasteiger partial charge in [0.1, 0.15) is 12.3 Å². The zero-order valence-electron chi connectivity index (χ0n) is 10.2. The van der Waals surface area contributed by atoms with Crippen molar-refractivity contribution in [1.82, 2.24) is 4.98 Å². The van der Waals surface area contributed by atoms with Gasteiger partial charge in [0.25, 0.3) is 0 Å². The van der Waals surface area contributed by atoms with Gasteiger partial charge in [-0.15, -0.1) is 11.3 Å². The summed E-state index contributed by atoms with van der Waals surface area (Å²) >= 11 is 1.23. The number of aromatic hydroxyl groups is 1. The van der Waals surface area contributed by atoms with Crippen LogP contribution in [0.3, 0.4) is 0 Å². The number of hydrogen-bond donors (Lipinski definition) is 3. The minimum Gasteiger partial charge on any atom is -0.508 e. The summed E-state index contributed by atoms with van der Waals surface area (Å²) in [7, 11) is 0. The number of thiazole rings is 1. The largest absolute Gasteiger partial charge is 0.508 e. The van der Waals surface area contributed by atoms with Crippen LogP contribution in [-0.4, -0.2) is 33.7 Å². The average Bonchev–Trinajstić information content (AvgIpc) is 2.89. The van der Waals surface area contributed by atoms with Crippen molar-refractivity contribution in [3.05, 3.63) is 35.8 Å². The number of phenols is 1. The van der Waals surface area contributed by atoms with Crippen molar-refractivity contribution < 1.29 is 19.8 Å². The number of aromatic nitrogens is 1. The number of urea groups is 1. The fraction of sp³-hybridized carbons (Fsp3) is 0.0833. The van der Waals surface area contributed by atoms with Gasteiger partial charge in [-0.05, 0) is 24.3 Å². The lowest BCUT2D eigenvalue weighted by Gasteiger charge is -2.20. The molecule has 20 heavy (non-hydrogen) atoms. The van der Waals surface area contributed by atoms with E-state index in [9.17, 15) is 14.7 Å². The zero-order chi connectivity index (χ0) is 14.5. The van der Waals surface area contributed by atoms with Gasteiger partial charge in [-0.3, -0.25) is 15.0 Å². The molecule has 0 aliphatic heterocycles. The molecule has 0 aliphatic carbocycles. The van der Waals surface area contributed by atoms with Crippen LogP contribution >= 0.6 is 11.3 Å². The second-order valence-corrected chi connectivity index (χ2v) is 4.66. The van der Waals surface area contributed by atoms with Gasteiger partial charge in [0.2, 0.25) is 0 Å². The van der Waals surface area contributed by atoms with Gasteiger partial charge in [0.05, 0.1) is 0 Å². The number of anilines is 2. The van der Waals surface area contributed by atoms with E-state index in [2.05, 4.69) is 10.3 Å². The fourth-order valence-electron chi connectivity index (χ4n) is 1.49. The Labute approximate surface area is 118 Å². The molecule has 1 heterocycles. The Balaban J connectivity index is 2.20. The molecule has 7 nitrogen and oxygen atoms in total. The van der Waals surface area contributed by atoms with E-state index in [4.69, 9.17) is 5.11 Å². The topological polar surface area (TPSA) is 103 Å². The number of carboxylic acid groups (broad SMARTS) is 1. The second-order valence-electron chi connectivity index (χ2n) is 3.76. The Kier molecular flexibility index (Phi) is 4.16. The summed E-state index contributed by atoms with van der Waals surface area (Å²) < 4.78 is 0. The van der Waals surface area contributed by atoms with E-state index >= 15 is 0 Å². The minimum absolute atomic E-state index is 0.0318. The number of aliphatic carboxylic acids is 1. The highest BCUT2D eigenvalue weighted by Gasteiger charge is 2.19. The number of hydrogen-bond acceptors (Lipinski definition) is 5. The van der Waals surface area contributed by atoms with E-state index in [0.717, 1.165) is 4.90 Å². The molecule has 2 rings (SSSR count). The zero-order valence-corrected chi connectivity index (χ0v) is 11.0. The first-order valence-corrected chi connectivity index (χ1v) is 6.43. The molecule has 0 radical (unpaired) electrons. The Morgan fingerprint density at radius 3 is 2.55 bits per heavy atom. The lowest BCUT2D eigenvalue weighted by atomic mass is 10.3. The highest BCUT2D eigenvalue weighted by Crippen LogP contribution is 2.20. The van der Waals surface area contributed by atoms with Crippen LogP contribution in [0.25, 0.3) is 0 Å². The number of carbonyl (C=O) groups excluding carboxylic acids is 1. The molecular formula is C12H11N3O4S. The highest BCUT2D eigenvalue weighted by molar-refractivity contribution is 7.13. The molecule has 0 saturated heterocycles. The van der Waals surface area contributed by atoms with Gasteiger partial charge < -0.3 is 10.2 Å². The van der Waals surface area contributed by atoms with Crippen molar-refractivity contribution >= 4 is 34.2 Å². The SMILES string of the molecule is O=C(O)CN(C(=O)Nc1nccs1)c1ccc(O)cc1. The lowest BCUT2D eigenvalue weighted by molar-refractivity contribution is -0.135. The molecule has 0 aliphatic rings. The molecule has 0 unspecified atom stereocenters. The number of nitrogens with one attached hydrogen (secondary N) is 1. The molecule has 0 atom stereocenters. The van der Waals surface area contributed by atoms with Gasteiger partial charge in [-0.2, -0.15) is 0 Å². The molecule has 104 valence electrons. The summed E-state index contributed by atoms with van der Waals surface area (Å²) in [4.78, 5) is 27.9. The summed E-state index contributed by atoms with van der Waals surface area (Å²) in [6.07, 6.45) is 1.53. The molecule has 1 aromatic heterocycles. The fourth-order valence-corrected chi connectivity index (χ4v) is 2.01. The van der Waals surface area contributed by atoms with Crippen LogP contribution in [0.15, 0.2) is 35.8 Å². The van der Waals surface area contributed by atoms with E-state index in [1.165, 1.54) is 41.8 Å². The predicted octanol–water partition coefficient (Wildman–Crippen LogP) is 1.97. The van der Waals surface area contributed by atoms with Crippen molar-refractivity contribution in [2.24, 2.45) is 0 Å². The van der Waals surface area contributed by atoms with Crippen molar-refractivity contribution in [3.8, 4) is 5.75 Å². The maximum absolute atomic E-state index is 12.1. The first kappa shape index (κ1) is 13.8. The third kappa shape index (κ3) is 3.45. The first-order chi connectivity index (χ1) is 9.56. The monoisotopic (exact) mass is 293 g/mol. The summed E-state index contributed by atoms with van der Waals surface area (Å²) in [6.45, 7) is -0.498. The molecular weight excluding hydrogens is 282 g/mol. The molecule has 3 N–H and O–H groups in total. The van der Waals surface area contributed by atoms with Crippen LogP contribution in [0.2, 0.25) is 0 Å². The minimum atomic E-state index is -1.15. The van der Waals surface area contributed by atoms with Crippen molar-refractivity contribution in [2.45, 2.75) is 0 Å². The van der Waals surface area contributed by atoms with Gasteiger partial charge in [0, 0.05) is 17.3 Å². The standard InChI is InChI=1S/C12H11N3O4S/c16-9-3-1-8(2-4-9)15(7-10(17)18)12(19)14-11-13-5-6-20-11/h1-6,16H,7H2,(H,17,18)(H,13,14,19). The van der Waals surface area contributed by atoms with Gasteiger partial charge >= 0.3 is 12.0 Å². The van der Waals surface area contributed by atoms with Crippen LogP contribution in [0.1, 0.15) is 0 Å². The van der Waals surface area contributed by atoms with Gasteiger partial charge in [-0.25, -0.2) is 9.78 Å². The van der Waals surface area contributed by atoms with Crippen molar-refractivity contribution in [1.29, 1.82) is 0 Å². The Hall–Kier alpha value is -2.61. The summed E-state index contributed by atoms with van der Waals surface area (Å²) in [5, 5.41) is 22.7. The number of rotatable bonds is 4. The maximum atomic E-state index is 12.1. The first-order valence-electron chi connectivity index (χ1n) is 5.55. The van der Waals surface area contributed by atoms with E-state index < -0.39 is 18.5 Å². The van der Waals surface area contributed by atoms with E-state index in [1.54, 1.807) is 5.38 Å². The normalized spacial score (nSPS) is 10.0. The number of benzene rings is 1. The van der Waals surface area contributed by atoms with Crippen molar-refractivity contribution in [3.63, 3.8) is 0 Å². The van der Waals surface area contributed by atoms with Crippen LogP contribution < -0.4 is 10.2 Å². The molecule has 0 saturated carbocycles. The summed E-state index contributed by atoms with van der Waals surface area (Å²) in [5.41, 5.74) is 0.360. The van der Waals surface area contributed by atoms with E-state index in [0.29, 0.717) is 10.8 Å². The third-order valence-corrected chi connectivity index (χ3v) is 3.03. The second kappa shape index (κ2) is 6.02. The van der Waals surface area contributed by atoms with Gasteiger partial charge in [-0.1, -0.05) is 0 Å². The average molecular weight is 293 g/mol. The van der Waals surface area contributed by atoms with Crippen molar-refractivity contribution in [2.75, 3.05) is 16.8 Å². The Morgan fingerprint density at radius 2 is 2.00 bits per heavy atom. The van der Waals surface area contributed by atoms with Crippen LogP contribution in [0, 0.1) is 0 Å². The summed E-state index contributed by atoms with van der Waals surface area (Å²) in [5.74, 6) is -1.11. The van der Waals surface area contributed by atoms with Crippen LogP contribution in [0.5, 0.6) is 5.75 Å². The number of amides is 2. The number of carboxylic acids is 1. The molecule has 0 spiro atoms. The number of phenolic OH excluding ortho intramolecular Hbond substituents is 1. The molecule has 0 bridgehead atoms. The molecule has 8 heteroatoms. The molecule has 2 amide bonds. The number of nitrogens with zero attached hydrogens (tertiary/aromatic N) is 2. The van der Waals surface area contributed by atoms with Crippen LogP contribution in [0.4, 0.5) is 15.6 Å². The Morgan fingerprint density at radius 1 is 1.30 bits per heavy atom. The quantitative estimate of drug-likeness (QED) is 0.799. The molecule has 1 aromatic carbocycles. The highest BCUT2D eigenvalue weighted by atomic mass is 32.1. The van der Waals surface area contributed by atoms with E-state index in [-0.39, 0.29) is 5.75 Å². The van der Waals surface area contributed by atoms with Gasteiger partial charge in [0.15, 0.2) is 5.13 Å². The van der Waals surface area contributed by atoms with Crippen LogP contribution in [-0.2, 0) is 4.79 Å². The Bertz CT molecular complexity index is 598. The summed E-state index contributed by atoms with van der Waals surface area (Å²) in [6, 6.07) is 5.06. The molecule has 2 aromatic rings. The predicted molar refractivity (Wildman–Crippen MR) is 74.2 cm³/mol. The molecule has 0 fully saturated rings. The maximum Gasteiger partial charge on any atom is 0.328 e. The smallest absolute Gasteiger partial charge is 0.328 e. The number of carbonyl (C=O) groups is 2. The van der Waals surface area contributed by atoms with E-state index in [1.807, 2.05) is 0 Å².